The number of thioether (sulfide) groups is 1. The molecular formula is C11H15BrN2S. The standard InChI is InChI=1S/C11H15BrN2S/c1-15-9-6-5-8(7-9)13-11-4-2-3-10(12)14-11/h2-4,8-9H,5-7H2,1H3,(H,13,14). The first-order valence-corrected chi connectivity index (χ1v) is 7.28. The van der Waals surface area contributed by atoms with E-state index in [-0.39, 0.29) is 0 Å². The van der Waals surface area contributed by atoms with Crippen LogP contribution in [0.5, 0.6) is 0 Å². The van der Waals surface area contributed by atoms with E-state index in [1.807, 2.05) is 30.0 Å². The Balaban J connectivity index is 1.92. The second kappa shape index (κ2) is 5.21. The maximum absolute atomic E-state index is 4.39. The second-order valence-corrected chi connectivity index (χ2v) is 5.81. The molecule has 15 heavy (non-hydrogen) atoms. The third kappa shape index (κ3) is 3.11. The molecule has 1 heterocycles. The molecule has 1 N–H and O–H groups in total. The molecular weight excluding hydrogens is 272 g/mol. The van der Waals surface area contributed by atoms with Crippen molar-refractivity contribution in [2.24, 2.45) is 0 Å². The lowest BCUT2D eigenvalue weighted by Gasteiger charge is -2.13. The second-order valence-electron chi connectivity index (χ2n) is 3.86. The molecule has 0 aliphatic heterocycles. The first-order valence-electron chi connectivity index (χ1n) is 5.20. The summed E-state index contributed by atoms with van der Waals surface area (Å²) < 4.78 is 0.895. The highest BCUT2D eigenvalue weighted by Gasteiger charge is 2.23. The summed E-state index contributed by atoms with van der Waals surface area (Å²) in [7, 11) is 0. The average Bonchev–Trinajstić information content (AvgIpc) is 2.65. The highest BCUT2D eigenvalue weighted by atomic mass is 79.9. The number of hydrogen-bond donors (Lipinski definition) is 1. The van der Waals surface area contributed by atoms with Gasteiger partial charge in [-0.25, -0.2) is 4.98 Å². The molecule has 4 heteroatoms. The predicted octanol–water partition coefficient (Wildman–Crippen LogP) is 3.54. The van der Waals surface area contributed by atoms with Crippen molar-refractivity contribution in [3.63, 3.8) is 0 Å². The van der Waals surface area contributed by atoms with E-state index in [4.69, 9.17) is 0 Å². The van der Waals surface area contributed by atoms with Gasteiger partial charge in [0.15, 0.2) is 0 Å². The third-order valence-electron chi connectivity index (χ3n) is 2.78. The zero-order valence-corrected chi connectivity index (χ0v) is 11.1. The van der Waals surface area contributed by atoms with Crippen molar-refractivity contribution in [2.75, 3.05) is 11.6 Å². The Bertz CT molecular complexity index is 332. The van der Waals surface area contributed by atoms with Crippen molar-refractivity contribution >= 4 is 33.5 Å². The summed E-state index contributed by atoms with van der Waals surface area (Å²) >= 11 is 5.36. The first kappa shape index (κ1) is 11.3. The van der Waals surface area contributed by atoms with Crippen LogP contribution in [0.2, 0.25) is 0 Å². The van der Waals surface area contributed by atoms with Crippen LogP contribution in [0.15, 0.2) is 22.8 Å². The predicted molar refractivity (Wildman–Crippen MR) is 70.5 cm³/mol. The van der Waals surface area contributed by atoms with E-state index in [9.17, 15) is 0 Å². The van der Waals surface area contributed by atoms with E-state index in [1.54, 1.807) is 0 Å². The lowest BCUT2D eigenvalue weighted by Crippen LogP contribution is -2.16. The minimum absolute atomic E-state index is 0.601. The van der Waals surface area contributed by atoms with Crippen molar-refractivity contribution in [3.05, 3.63) is 22.8 Å². The quantitative estimate of drug-likeness (QED) is 0.861. The van der Waals surface area contributed by atoms with E-state index in [0.717, 1.165) is 15.7 Å². The van der Waals surface area contributed by atoms with Crippen LogP contribution >= 0.6 is 27.7 Å². The SMILES string of the molecule is CSC1CCC(Nc2cccc(Br)n2)C1. The van der Waals surface area contributed by atoms with Gasteiger partial charge in [0.1, 0.15) is 10.4 Å². The Labute approximate surface area is 103 Å². The molecule has 1 aliphatic carbocycles. The number of rotatable bonds is 3. The number of nitrogens with one attached hydrogen (secondary N) is 1. The molecule has 0 amide bonds. The molecule has 2 atom stereocenters. The fourth-order valence-electron chi connectivity index (χ4n) is 1.98. The molecule has 0 spiro atoms. The fourth-order valence-corrected chi connectivity index (χ4v) is 3.12. The molecule has 0 saturated heterocycles. The van der Waals surface area contributed by atoms with E-state index in [1.165, 1.54) is 19.3 Å². The summed E-state index contributed by atoms with van der Waals surface area (Å²) in [6.45, 7) is 0. The van der Waals surface area contributed by atoms with Crippen molar-refractivity contribution < 1.29 is 0 Å². The highest BCUT2D eigenvalue weighted by Crippen LogP contribution is 2.29. The summed E-state index contributed by atoms with van der Waals surface area (Å²) in [5, 5.41) is 4.32. The monoisotopic (exact) mass is 286 g/mol. The number of hydrogen-bond acceptors (Lipinski definition) is 3. The number of anilines is 1. The van der Waals surface area contributed by atoms with Gasteiger partial charge in [0.05, 0.1) is 0 Å². The van der Waals surface area contributed by atoms with Gasteiger partial charge >= 0.3 is 0 Å². The van der Waals surface area contributed by atoms with Gasteiger partial charge in [0, 0.05) is 11.3 Å². The van der Waals surface area contributed by atoms with Crippen molar-refractivity contribution in [1.29, 1.82) is 0 Å². The van der Waals surface area contributed by atoms with E-state index < -0.39 is 0 Å². The summed E-state index contributed by atoms with van der Waals surface area (Å²) in [5.41, 5.74) is 0. The van der Waals surface area contributed by atoms with E-state index in [2.05, 4.69) is 32.5 Å². The molecule has 2 nitrogen and oxygen atoms in total. The van der Waals surface area contributed by atoms with Gasteiger partial charge in [-0.3, -0.25) is 0 Å². The Morgan fingerprint density at radius 3 is 3.00 bits per heavy atom. The molecule has 0 bridgehead atoms. The maximum Gasteiger partial charge on any atom is 0.127 e. The van der Waals surface area contributed by atoms with Gasteiger partial charge in [-0.2, -0.15) is 11.8 Å². The van der Waals surface area contributed by atoms with Crippen molar-refractivity contribution in [3.8, 4) is 0 Å². The molecule has 82 valence electrons. The van der Waals surface area contributed by atoms with Crippen molar-refractivity contribution in [2.45, 2.75) is 30.6 Å². The largest absolute Gasteiger partial charge is 0.367 e. The van der Waals surface area contributed by atoms with Crippen LogP contribution in [-0.4, -0.2) is 22.5 Å². The molecule has 1 aromatic heterocycles. The molecule has 1 saturated carbocycles. The summed E-state index contributed by atoms with van der Waals surface area (Å²) in [6, 6.07) is 6.59. The zero-order valence-electron chi connectivity index (χ0n) is 8.74. The normalized spacial score (nSPS) is 25.5. The Morgan fingerprint density at radius 2 is 2.33 bits per heavy atom. The fraction of sp³-hybridized carbons (Fsp3) is 0.545. The minimum Gasteiger partial charge on any atom is -0.367 e. The van der Waals surface area contributed by atoms with Crippen LogP contribution in [0.3, 0.4) is 0 Å². The first-order chi connectivity index (χ1) is 7.28. The Hall–Kier alpha value is -0.220. The van der Waals surface area contributed by atoms with Gasteiger partial charge in [-0.1, -0.05) is 6.07 Å². The van der Waals surface area contributed by atoms with Crippen LogP contribution < -0.4 is 5.32 Å². The molecule has 1 aliphatic rings. The van der Waals surface area contributed by atoms with Crippen LogP contribution in [0.1, 0.15) is 19.3 Å². The number of pyridine rings is 1. The van der Waals surface area contributed by atoms with Gasteiger partial charge in [0.25, 0.3) is 0 Å². The highest BCUT2D eigenvalue weighted by molar-refractivity contribution is 9.10. The lowest BCUT2D eigenvalue weighted by atomic mass is 10.2. The van der Waals surface area contributed by atoms with Crippen molar-refractivity contribution in [1.82, 2.24) is 4.98 Å². The smallest absolute Gasteiger partial charge is 0.127 e. The van der Waals surface area contributed by atoms with Gasteiger partial charge in [-0.05, 0) is 53.6 Å². The zero-order chi connectivity index (χ0) is 10.7. The Kier molecular flexibility index (Phi) is 3.92. The number of nitrogens with zero attached hydrogens (tertiary/aromatic N) is 1. The minimum atomic E-state index is 0.601. The average molecular weight is 287 g/mol. The molecule has 0 aromatic carbocycles. The molecule has 1 aromatic rings. The van der Waals surface area contributed by atoms with Crippen LogP contribution in [0, 0.1) is 0 Å². The van der Waals surface area contributed by atoms with Crippen LogP contribution in [-0.2, 0) is 0 Å². The summed E-state index contributed by atoms with van der Waals surface area (Å²) in [6.07, 6.45) is 6.05. The van der Waals surface area contributed by atoms with Crippen LogP contribution in [0.25, 0.3) is 0 Å². The van der Waals surface area contributed by atoms with Gasteiger partial charge < -0.3 is 5.32 Å². The number of aromatic nitrogens is 1. The molecule has 2 unspecified atom stereocenters. The topological polar surface area (TPSA) is 24.9 Å². The van der Waals surface area contributed by atoms with Gasteiger partial charge in [-0.15, -0.1) is 0 Å². The van der Waals surface area contributed by atoms with Crippen LogP contribution in [0.4, 0.5) is 5.82 Å². The maximum atomic E-state index is 4.39. The Morgan fingerprint density at radius 1 is 1.47 bits per heavy atom. The molecule has 2 rings (SSSR count). The summed E-state index contributed by atoms with van der Waals surface area (Å²) in [4.78, 5) is 4.39. The number of halogens is 1. The lowest BCUT2D eigenvalue weighted by molar-refractivity contribution is 0.752. The molecule has 0 radical (unpaired) electrons. The van der Waals surface area contributed by atoms with E-state index >= 15 is 0 Å². The van der Waals surface area contributed by atoms with E-state index in [0.29, 0.717) is 6.04 Å². The third-order valence-corrected chi connectivity index (χ3v) is 4.32. The molecule has 1 fully saturated rings. The summed E-state index contributed by atoms with van der Waals surface area (Å²) in [5.74, 6) is 0.983. The van der Waals surface area contributed by atoms with Gasteiger partial charge in [0.2, 0.25) is 0 Å².